The van der Waals surface area contributed by atoms with E-state index in [1.165, 1.54) is 6.08 Å². The number of nitrogens with zero attached hydrogens (tertiary/aromatic N) is 2. The molecule has 0 fully saturated rings. The molecule has 0 aliphatic carbocycles. The van der Waals surface area contributed by atoms with Gasteiger partial charge in [0.1, 0.15) is 0 Å². The summed E-state index contributed by atoms with van der Waals surface area (Å²) in [5, 5.41) is 9.87. The van der Waals surface area contributed by atoms with Gasteiger partial charge in [0.05, 0.1) is 4.92 Å². The van der Waals surface area contributed by atoms with Crippen molar-refractivity contribution in [3.63, 3.8) is 0 Å². The van der Waals surface area contributed by atoms with Crippen LogP contribution >= 0.6 is 0 Å². The van der Waals surface area contributed by atoms with Crippen LogP contribution in [0, 0.1) is 10.1 Å². The molecule has 0 aliphatic rings. The first-order valence-electron chi connectivity index (χ1n) is 3.01. The van der Waals surface area contributed by atoms with Crippen molar-refractivity contribution in [1.29, 1.82) is 0 Å². The zero-order valence-electron chi connectivity index (χ0n) is 5.68. The summed E-state index contributed by atoms with van der Waals surface area (Å²) in [6, 6.07) is 3.46. The number of nitro groups is 1. The predicted octanol–water partition coefficient (Wildman–Crippen LogP) is 1.33. The number of rotatable bonds is 2. The van der Waals surface area contributed by atoms with Crippen LogP contribution in [0.5, 0.6) is 0 Å². The lowest BCUT2D eigenvalue weighted by atomic mass is 10.3. The van der Waals surface area contributed by atoms with Gasteiger partial charge >= 0.3 is 0 Å². The summed E-state index contributed by atoms with van der Waals surface area (Å²) >= 11 is 0. The Hall–Kier alpha value is -1.71. The molecule has 0 spiro atoms. The van der Waals surface area contributed by atoms with E-state index in [2.05, 4.69) is 4.98 Å². The highest BCUT2D eigenvalue weighted by Gasteiger charge is 1.87. The minimum atomic E-state index is -0.507. The summed E-state index contributed by atoms with van der Waals surface area (Å²) in [4.78, 5) is 13.2. The maximum absolute atomic E-state index is 9.87. The number of aromatic nitrogens is 1. The van der Waals surface area contributed by atoms with E-state index in [0.29, 0.717) is 0 Å². The molecule has 1 aromatic heterocycles. The SMILES string of the molecule is O=[N+]([O-])/C=C\c1cccnc1. The molecule has 0 saturated carbocycles. The van der Waals surface area contributed by atoms with E-state index in [0.717, 1.165) is 11.8 Å². The molecule has 0 aromatic carbocycles. The van der Waals surface area contributed by atoms with Gasteiger partial charge in [0.25, 0.3) is 0 Å². The van der Waals surface area contributed by atoms with Crippen molar-refractivity contribution in [2.24, 2.45) is 0 Å². The molecule has 1 rings (SSSR count). The molecule has 0 atom stereocenters. The molecule has 4 heteroatoms. The molecule has 0 radical (unpaired) electrons. The van der Waals surface area contributed by atoms with Crippen LogP contribution in [0.4, 0.5) is 0 Å². The van der Waals surface area contributed by atoms with Crippen LogP contribution < -0.4 is 0 Å². The van der Waals surface area contributed by atoms with Gasteiger partial charge in [0, 0.05) is 18.5 Å². The van der Waals surface area contributed by atoms with Gasteiger partial charge in [-0.25, -0.2) is 0 Å². The molecule has 0 unspecified atom stereocenters. The Morgan fingerprint density at radius 2 is 2.45 bits per heavy atom. The maximum atomic E-state index is 9.87. The second-order valence-electron chi connectivity index (χ2n) is 1.89. The predicted molar refractivity (Wildman–Crippen MR) is 40.3 cm³/mol. The van der Waals surface area contributed by atoms with Gasteiger partial charge in [0.15, 0.2) is 0 Å². The summed E-state index contributed by atoms with van der Waals surface area (Å²) < 4.78 is 0. The highest BCUT2D eigenvalue weighted by Crippen LogP contribution is 1.97. The van der Waals surface area contributed by atoms with E-state index in [-0.39, 0.29) is 0 Å². The second-order valence-corrected chi connectivity index (χ2v) is 1.89. The first-order chi connectivity index (χ1) is 5.29. The summed E-state index contributed by atoms with van der Waals surface area (Å²) in [7, 11) is 0. The van der Waals surface area contributed by atoms with E-state index in [4.69, 9.17) is 0 Å². The minimum Gasteiger partial charge on any atom is -0.264 e. The van der Waals surface area contributed by atoms with E-state index in [9.17, 15) is 10.1 Å². The molecule has 4 nitrogen and oxygen atoms in total. The van der Waals surface area contributed by atoms with Crippen molar-refractivity contribution in [2.75, 3.05) is 0 Å². The van der Waals surface area contributed by atoms with Crippen LogP contribution in [0.1, 0.15) is 5.56 Å². The normalized spacial score (nSPS) is 10.2. The van der Waals surface area contributed by atoms with Gasteiger partial charge < -0.3 is 0 Å². The summed E-state index contributed by atoms with van der Waals surface area (Å²) in [5.41, 5.74) is 0.726. The van der Waals surface area contributed by atoms with Crippen LogP contribution in [0.25, 0.3) is 6.08 Å². The fourth-order valence-electron chi connectivity index (χ4n) is 0.621. The Kier molecular flexibility index (Phi) is 2.32. The molecule has 0 amide bonds. The minimum absolute atomic E-state index is 0.507. The standard InChI is InChI=1S/C7H6N2O2/c10-9(11)5-3-7-2-1-4-8-6-7/h1-6H/b5-3-. The zero-order valence-corrected chi connectivity index (χ0v) is 5.68. The highest BCUT2D eigenvalue weighted by molar-refractivity contribution is 5.45. The van der Waals surface area contributed by atoms with Crippen molar-refractivity contribution in [3.8, 4) is 0 Å². The van der Waals surface area contributed by atoms with Gasteiger partial charge in [0.2, 0.25) is 6.20 Å². The molecular formula is C7H6N2O2. The molecule has 1 aromatic rings. The number of hydrogen-bond donors (Lipinski definition) is 0. The average Bonchev–Trinajstić information content (AvgIpc) is 2.03. The van der Waals surface area contributed by atoms with Crippen LogP contribution in [-0.4, -0.2) is 9.91 Å². The van der Waals surface area contributed by atoms with Crippen molar-refractivity contribution in [2.45, 2.75) is 0 Å². The second kappa shape index (κ2) is 3.46. The third-order valence-electron chi connectivity index (χ3n) is 1.07. The van der Waals surface area contributed by atoms with Crippen molar-refractivity contribution >= 4 is 6.08 Å². The number of pyridine rings is 1. The number of hydrogen-bond acceptors (Lipinski definition) is 3. The summed E-state index contributed by atoms with van der Waals surface area (Å²) in [6.07, 6.45) is 5.45. The fourth-order valence-corrected chi connectivity index (χ4v) is 0.621. The van der Waals surface area contributed by atoms with Gasteiger partial charge in [-0.2, -0.15) is 0 Å². The van der Waals surface area contributed by atoms with Crippen molar-refractivity contribution in [1.82, 2.24) is 4.98 Å². The highest BCUT2D eigenvalue weighted by atomic mass is 16.6. The van der Waals surface area contributed by atoms with E-state index >= 15 is 0 Å². The first kappa shape index (κ1) is 7.40. The third-order valence-corrected chi connectivity index (χ3v) is 1.07. The van der Waals surface area contributed by atoms with E-state index in [1.807, 2.05) is 0 Å². The molecule has 11 heavy (non-hydrogen) atoms. The van der Waals surface area contributed by atoms with Crippen LogP contribution in [-0.2, 0) is 0 Å². The molecule has 0 bridgehead atoms. The smallest absolute Gasteiger partial charge is 0.235 e. The van der Waals surface area contributed by atoms with E-state index in [1.54, 1.807) is 24.5 Å². The Labute approximate surface area is 63.3 Å². The lowest BCUT2D eigenvalue weighted by Gasteiger charge is -1.85. The lowest BCUT2D eigenvalue weighted by molar-refractivity contribution is -0.400. The van der Waals surface area contributed by atoms with Crippen LogP contribution in [0.2, 0.25) is 0 Å². The van der Waals surface area contributed by atoms with Gasteiger partial charge in [-0.3, -0.25) is 15.1 Å². The Bertz CT molecular complexity index is 269. The Morgan fingerprint density at radius 3 is 3.00 bits per heavy atom. The largest absolute Gasteiger partial charge is 0.264 e. The van der Waals surface area contributed by atoms with Gasteiger partial charge in [-0.15, -0.1) is 0 Å². The first-order valence-corrected chi connectivity index (χ1v) is 3.01. The van der Waals surface area contributed by atoms with E-state index < -0.39 is 4.92 Å². The summed E-state index contributed by atoms with van der Waals surface area (Å²) in [5.74, 6) is 0. The topological polar surface area (TPSA) is 56.0 Å². The molecule has 56 valence electrons. The quantitative estimate of drug-likeness (QED) is 0.472. The zero-order chi connectivity index (χ0) is 8.10. The van der Waals surface area contributed by atoms with Crippen LogP contribution in [0.15, 0.2) is 30.7 Å². The fraction of sp³-hybridized carbons (Fsp3) is 0. The Morgan fingerprint density at radius 1 is 1.64 bits per heavy atom. The lowest BCUT2D eigenvalue weighted by Crippen LogP contribution is -1.82. The average molecular weight is 150 g/mol. The van der Waals surface area contributed by atoms with Crippen molar-refractivity contribution in [3.05, 3.63) is 46.4 Å². The summed E-state index contributed by atoms with van der Waals surface area (Å²) in [6.45, 7) is 0. The monoisotopic (exact) mass is 150 g/mol. The van der Waals surface area contributed by atoms with Crippen molar-refractivity contribution < 1.29 is 4.92 Å². The maximum Gasteiger partial charge on any atom is 0.235 e. The molecule has 0 saturated heterocycles. The van der Waals surface area contributed by atoms with Gasteiger partial charge in [-0.05, 0) is 11.6 Å². The molecular weight excluding hydrogens is 144 g/mol. The molecule has 1 heterocycles. The Balaban J connectivity index is 2.72. The van der Waals surface area contributed by atoms with Crippen LogP contribution in [0.3, 0.4) is 0 Å². The molecule has 0 N–H and O–H groups in total. The third kappa shape index (κ3) is 2.57. The van der Waals surface area contributed by atoms with Gasteiger partial charge in [-0.1, -0.05) is 6.07 Å². The molecule has 0 aliphatic heterocycles.